The Bertz CT molecular complexity index is 984. The standard InChI is InChI=1S/C18H15F2N5O/c19-13-3-5-15(6-4-13)25-10-16(21)17(23-25)22-18(26)24-8-11-1-2-14(20)7-12(11)9-24/h1-7,10H,8-9,21H2,(H,22,23,26). The number of nitrogens with two attached hydrogens (primary N) is 1. The number of carbonyl (C=O) groups excluding carboxylic acids is 1. The van der Waals surface area contributed by atoms with Crippen molar-refractivity contribution in [2.24, 2.45) is 0 Å². The molecule has 0 atom stereocenters. The van der Waals surface area contributed by atoms with Gasteiger partial charge in [0.05, 0.1) is 17.6 Å². The zero-order valence-electron chi connectivity index (χ0n) is 13.6. The summed E-state index contributed by atoms with van der Waals surface area (Å²) in [6.45, 7) is 0.706. The van der Waals surface area contributed by atoms with E-state index in [2.05, 4.69) is 10.4 Å². The van der Waals surface area contributed by atoms with Crippen LogP contribution in [-0.4, -0.2) is 20.7 Å². The lowest BCUT2D eigenvalue weighted by atomic mass is 10.1. The fraction of sp³-hybridized carbons (Fsp3) is 0.111. The molecule has 26 heavy (non-hydrogen) atoms. The predicted octanol–water partition coefficient (Wildman–Crippen LogP) is 3.28. The largest absolute Gasteiger partial charge is 0.394 e. The van der Waals surface area contributed by atoms with Crippen molar-refractivity contribution in [2.75, 3.05) is 11.1 Å². The molecule has 4 rings (SSSR count). The molecule has 0 spiro atoms. The van der Waals surface area contributed by atoms with Crippen LogP contribution in [0, 0.1) is 11.6 Å². The van der Waals surface area contributed by atoms with Crippen LogP contribution in [0.2, 0.25) is 0 Å². The number of rotatable bonds is 2. The van der Waals surface area contributed by atoms with Crippen LogP contribution in [0.5, 0.6) is 0 Å². The summed E-state index contributed by atoms with van der Waals surface area (Å²) in [5, 5.41) is 6.90. The summed E-state index contributed by atoms with van der Waals surface area (Å²) in [6.07, 6.45) is 1.54. The Hall–Kier alpha value is -3.42. The first-order valence-corrected chi connectivity index (χ1v) is 7.94. The van der Waals surface area contributed by atoms with Crippen molar-refractivity contribution in [3.05, 3.63) is 71.4 Å². The molecule has 0 fully saturated rings. The highest BCUT2D eigenvalue weighted by Crippen LogP contribution is 2.25. The van der Waals surface area contributed by atoms with Crippen molar-refractivity contribution in [1.29, 1.82) is 0 Å². The van der Waals surface area contributed by atoms with E-state index in [1.807, 2.05) is 0 Å². The van der Waals surface area contributed by atoms with Gasteiger partial charge >= 0.3 is 6.03 Å². The van der Waals surface area contributed by atoms with E-state index in [9.17, 15) is 13.6 Å². The predicted molar refractivity (Wildman–Crippen MR) is 92.6 cm³/mol. The van der Waals surface area contributed by atoms with E-state index in [0.29, 0.717) is 18.8 Å². The third-order valence-corrected chi connectivity index (χ3v) is 4.24. The van der Waals surface area contributed by atoms with Gasteiger partial charge in [0, 0.05) is 13.1 Å². The smallest absolute Gasteiger partial charge is 0.323 e. The van der Waals surface area contributed by atoms with Crippen LogP contribution in [0.25, 0.3) is 5.69 Å². The number of amides is 2. The number of carbonyl (C=O) groups is 1. The molecule has 0 aliphatic carbocycles. The third kappa shape index (κ3) is 2.97. The van der Waals surface area contributed by atoms with Crippen LogP contribution in [0.4, 0.5) is 25.1 Å². The van der Waals surface area contributed by atoms with Crippen LogP contribution in [0.15, 0.2) is 48.7 Å². The molecule has 0 radical (unpaired) electrons. The molecule has 8 heteroatoms. The number of nitrogens with one attached hydrogen (secondary N) is 1. The van der Waals surface area contributed by atoms with E-state index in [4.69, 9.17) is 5.73 Å². The first-order valence-electron chi connectivity index (χ1n) is 7.94. The Morgan fingerprint density at radius 1 is 1.04 bits per heavy atom. The molecular weight excluding hydrogens is 340 g/mol. The van der Waals surface area contributed by atoms with E-state index in [1.165, 1.54) is 35.1 Å². The SMILES string of the molecule is Nc1cn(-c2ccc(F)cc2)nc1NC(=O)N1Cc2ccc(F)cc2C1. The molecule has 0 bridgehead atoms. The Morgan fingerprint density at radius 3 is 2.50 bits per heavy atom. The third-order valence-electron chi connectivity index (χ3n) is 4.24. The number of halogens is 2. The highest BCUT2D eigenvalue weighted by Gasteiger charge is 2.24. The Kier molecular flexibility index (Phi) is 3.80. The van der Waals surface area contributed by atoms with Crippen molar-refractivity contribution in [1.82, 2.24) is 14.7 Å². The molecule has 2 heterocycles. The first kappa shape index (κ1) is 16.1. The quantitative estimate of drug-likeness (QED) is 0.741. The van der Waals surface area contributed by atoms with Crippen LogP contribution in [0.3, 0.4) is 0 Å². The van der Waals surface area contributed by atoms with E-state index >= 15 is 0 Å². The number of hydrogen-bond donors (Lipinski definition) is 2. The minimum Gasteiger partial charge on any atom is -0.394 e. The maximum absolute atomic E-state index is 13.3. The summed E-state index contributed by atoms with van der Waals surface area (Å²) in [5.74, 6) is -0.470. The van der Waals surface area contributed by atoms with Crippen LogP contribution in [0.1, 0.15) is 11.1 Å². The van der Waals surface area contributed by atoms with Gasteiger partial charge in [-0.15, -0.1) is 5.10 Å². The zero-order valence-corrected chi connectivity index (χ0v) is 13.6. The lowest BCUT2D eigenvalue weighted by Gasteiger charge is -2.15. The highest BCUT2D eigenvalue weighted by atomic mass is 19.1. The molecule has 1 aliphatic heterocycles. The monoisotopic (exact) mass is 355 g/mol. The number of anilines is 2. The minimum atomic E-state index is -0.377. The molecule has 3 N–H and O–H groups in total. The van der Waals surface area contributed by atoms with Crippen molar-refractivity contribution in [3.63, 3.8) is 0 Å². The van der Waals surface area contributed by atoms with Crippen molar-refractivity contribution in [3.8, 4) is 5.69 Å². The molecule has 3 aromatic rings. The fourth-order valence-corrected chi connectivity index (χ4v) is 2.90. The summed E-state index contributed by atoms with van der Waals surface area (Å²) in [4.78, 5) is 14.0. The van der Waals surface area contributed by atoms with E-state index in [1.54, 1.807) is 23.1 Å². The number of nitrogens with zero attached hydrogens (tertiary/aromatic N) is 3. The number of nitrogen functional groups attached to an aromatic ring is 1. The molecule has 1 aliphatic rings. The highest BCUT2D eigenvalue weighted by molar-refractivity contribution is 5.91. The van der Waals surface area contributed by atoms with Gasteiger partial charge in [-0.1, -0.05) is 6.07 Å². The number of benzene rings is 2. The number of urea groups is 1. The molecule has 6 nitrogen and oxygen atoms in total. The summed E-state index contributed by atoms with van der Waals surface area (Å²) >= 11 is 0. The van der Waals surface area contributed by atoms with Crippen molar-refractivity contribution < 1.29 is 13.6 Å². The van der Waals surface area contributed by atoms with Gasteiger partial charge in [-0.05, 0) is 47.5 Å². The number of aromatic nitrogens is 2. The topological polar surface area (TPSA) is 76.2 Å². The molecule has 2 amide bonds. The maximum Gasteiger partial charge on any atom is 0.323 e. The lowest BCUT2D eigenvalue weighted by molar-refractivity contribution is 0.212. The Balaban J connectivity index is 1.49. The van der Waals surface area contributed by atoms with Crippen molar-refractivity contribution in [2.45, 2.75) is 13.1 Å². The Labute approximate surface area is 147 Å². The number of hydrogen-bond acceptors (Lipinski definition) is 3. The minimum absolute atomic E-state index is 0.210. The van der Waals surface area contributed by atoms with Gasteiger partial charge in [0.2, 0.25) is 0 Å². The molecule has 132 valence electrons. The summed E-state index contributed by atoms with van der Waals surface area (Å²) in [6, 6.07) is 9.84. The van der Waals surface area contributed by atoms with E-state index in [-0.39, 0.29) is 29.2 Å². The van der Waals surface area contributed by atoms with Crippen LogP contribution in [-0.2, 0) is 13.1 Å². The second kappa shape index (κ2) is 6.14. The van der Waals surface area contributed by atoms with Gasteiger partial charge in [-0.25, -0.2) is 18.3 Å². The molecule has 0 unspecified atom stereocenters. The van der Waals surface area contributed by atoms with Crippen LogP contribution >= 0.6 is 0 Å². The zero-order chi connectivity index (χ0) is 18.3. The fourth-order valence-electron chi connectivity index (χ4n) is 2.90. The van der Waals surface area contributed by atoms with Gasteiger partial charge < -0.3 is 10.6 Å². The molecular formula is C18H15F2N5O. The molecule has 0 saturated carbocycles. The second-order valence-electron chi connectivity index (χ2n) is 6.05. The van der Waals surface area contributed by atoms with Gasteiger partial charge in [0.25, 0.3) is 0 Å². The van der Waals surface area contributed by atoms with E-state index in [0.717, 1.165) is 11.1 Å². The first-order chi connectivity index (χ1) is 12.5. The second-order valence-corrected chi connectivity index (χ2v) is 6.05. The summed E-state index contributed by atoms with van der Waals surface area (Å²) in [7, 11) is 0. The average Bonchev–Trinajstić information content (AvgIpc) is 3.19. The maximum atomic E-state index is 13.3. The Morgan fingerprint density at radius 2 is 1.73 bits per heavy atom. The van der Waals surface area contributed by atoms with Gasteiger partial charge in [0.1, 0.15) is 11.6 Å². The normalized spacial score (nSPS) is 12.9. The molecule has 0 saturated heterocycles. The van der Waals surface area contributed by atoms with E-state index < -0.39 is 0 Å². The average molecular weight is 355 g/mol. The van der Waals surface area contributed by atoms with Crippen LogP contribution < -0.4 is 11.1 Å². The van der Waals surface area contributed by atoms with Gasteiger partial charge in [0.15, 0.2) is 5.82 Å². The molecule has 2 aromatic carbocycles. The number of fused-ring (bicyclic) bond motifs is 1. The molecule has 1 aromatic heterocycles. The summed E-state index contributed by atoms with van der Waals surface area (Å²) < 4.78 is 27.8. The summed E-state index contributed by atoms with van der Waals surface area (Å²) in [5.41, 5.74) is 8.51. The van der Waals surface area contributed by atoms with Gasteiger partial charge in [-0.3, -0.25) is 5.32 Å². The van der Waals surface area contributed by atoms with Crippen molar-refractivity contribution >= 4 is 17.5 Å². The lowest BCUT2D eigenvalue weighted by Crippen LogP contribution is -2.30. The van der Waals surface area contributed by atoms with Gasteiger partial charge in [-0.2, -0.15) is 0 Å².